The lowest BCUT2D eigenvalue weighted by atomic mass is 10.1. The fourth-order valence-electron chi connectivity index (χ4n) is 3.50. The normalized spacial score (nSPS) is 18.8. The molecule has 2 aliphatic heterocycles. The maximum Gasteiger partial charge on any atom is 0.224 e. The number of amides is 1. The van der Waals surface area contributed by atoms with Gasteiger partial charge in [0.2, 0.25) is 5.91 Å². The molecule has 2 heterocycles. The predicted molar refractivity (Wildman–Crippen MR) is 99.4 cm³/mol. The second-order valence-corrected chi connectivity index (χ2v) is 6.98. The number of likely N-dealkylation sites (tertiary alicyclic amines) is 1. The highest BCUT2D eigenvalue weighted by atomic mass is 19.1. The summed E-state index contributed by atoms with van der Waals surface area (Å²) in [6.07, 6.45) is 1.24. The third-order valence-corrected chi connectivity index (χ3v) is 5.00. The van der Waals surface area contributed by atoms with Crippen molar-refractivity contribution >= 4 is 5.91 Å². The van der Waals surface area contributed by atoms with E-state index >= 15 is 0 Å². The van der Waals surface area contributed by atoms with Gasteiger partial charge in [0, 0.05) is 32.1 Å². The summed E-state index contributed by atoms with van der Waals surface area (Å²) in [5.41, 5.74) is 2.15. The van der Waals surface area contributed by atoms with Crippen molar-refractivity contribution in [2.75, 3.05) is 26.3 Å². The third kappa shape index (κ3) is 4.39. The van der Waals surface area contributed by atoms with E-state index in [0.717, 1.165) is 29.0 Å². The lowest BCUT2D eigenvalue weighted by Crippen LogP contribution is -2.33. The molecule has 4 rings (SSSR count). The Bertz CT molecular complexity index is 810. The van der Waals surface area contributed by atoms with Gasteiger partial charge in [0.1, 0.15) is 19.0 Å². The van der Waals surface area contributed by atoms with Crippen molar-refractivity contribution in [1.82, 2.24) is 10.2 Å². The first-order valence-electron chi connectivity index (χ1n) is 9.31. The first kappa shape index (κ1) is 17.8. The molecule has 0 aliphatic carbocycles. The van der Waals surface area contributed by atoms with Gasteiger partial charge in [-0.15, -0.1) is 0 Å². The Balaban J connectivity index is 1.27. The fourth-order valence-corrected chi connectivity index (χ4v) is 3.50. The molecular weight excluding hydrogens is 347 g/mol. The van der Waals surface area contributed by atoms with E-state index in [1.165, 1.54) is 12.1 Å². The smallest absolute Gasteiger partial charge is 0.224 e. The molecule has 0 radical (unpaired) electrons. The zero-order valence-corrected chi connectivity index (χ0v) is 15.1. The molecule has 27 heavy (non-hydrogen) atoms. The molecule has 5 nitrogen and oxygen atoms in total. The SMILES string of the molecule is O=C1C[C@@H](NCc2ccc3c(c2)OCCO3)CN1CCc1ccc(F)cc1. The van der Waals surface area contributed by atoms with Crippen LogP contribution in [-0.2, 0) is 17.8 Å². The van der Waals surface area contributed by atoms with Gasteiger partial charge in [-0.05, 0) is 41.8 Å². The Hall–Kier alpha value is -2.60. The number of fused-ring (bicyclic) bond motifs is 1. The van der Waals surface area contributed by atoms with Gasteiger partial charge in [0.15, 0.2) is 11.5 Å². The van der Waals surface area contributed by atoms with Crippen LogP contribution in [0.25, 0.3) is 0 Å². The number of carbonyl (C=O) groups is 1. The van der Waals surface area contributed by atoms with Crippen LogP contribution in [0.5, 0.6) is 11.5 Å². The second kappa shape index (κ2) is 7.96. The second-order valence-electron chi connectivity index (χ2n) is 6.98. The van der Waals surface area contributed by atoms with E-state index in [1.54, 1.807) is 12.1 Å². The van der Waals surface area contributed by atoms with Crippen LogP contribution in [0.1, 0.15) is 17.5 Å². The maximum absolute atomic E-state index is 13.0. The molecule has 0 unspecified atom stereocenters. The third-order valence-electron chi connectivity index (χ3n) is 5.00. The Labute approximate surface area is 158 Å². The average Bonchev–Trinajstić information content (AvgIpc) is 3.05. The van der Waals surface area contributed by atoms with E-state index in [-0.39, 0.29) is 17.8 Å². The largest absolute Gasteiger partial charge is 0.486 e. The molecule has 1 fully saturated rings. The molecule has 1 atom stereocenters. The maximum atomic E-state index is 13.0. The molecule has 2 aliphatic rings. The van der Waals surface area contributed by atoms with Gasteiger partial charge in [0.05, 0.1) is 0 Å². The summed E-state index contributed by atoms with van der Waals surface area (Å²) in [5, 5.41) is 3.46. The first-order valence-corrected chi connectivity index (χ1v) is 9.31. The highest BCUT2D eigenvalue weighted by molar-refractivity contribution is 5.79. The molecule has 1 N–H and O–H groups in total. The van der Waals surface area contributed by atoms with Gasteiger partial charge in [-0.2, -0.15) is 0 Å². The number of hydrogen-bond donors (Lipinski definition) is 1. The zero-order valence-electron chi connectivity index (χ0n) is 15.1. The summed E-state index contributed by atoms with van der Waals surface area (Å²) in [7, 11) is 0. The molecule has 6 heteroatoms. The summed E-state index contributed by atoms with van der Waals surface area (Å²) in [4.78, 5) is 14.1. The predicted octanol–water partition coefficient (Wildman–Crippen LogP) is 2.53. The summed E-state index contributed by atoms with van der Waals surface area (Å²) in [6.45, 7) is 3.20. The van der Waals surface area contributed by atoms with Crippen molar-refractivity contribution in [3.05, 3.63) is 59.4 Å². The van der Waals surface area contributed by atoms with E-state index in [2.05, 4.69) is 5.32 Å². The van der Waals surface area contributed by atoms with Gasteiger partial charge >= 0.3 is 0 Å². The minimum atomic E-state index is -0.237. The standard InChI is InChI=1S/C21H23FN2O3/c22-17-4-1-15(2-5-17)7-8-24-14-18(12-21(24)25)23-13-16-3-6-19-20(11-16)27-10-9-26-19/h1-6,11,18,23H,7-10,12-14H2/t18-/m1/s1. The van der Waals surface area contributed by atoms with Crippen LogP contribution in [0.15, 0.2) is 42.5 Å². The Kier molecular flexibility index (Phi) is 5.25. The van der Waals surface area contributed by atoms with Crippen molar-refractivity contribution in [2.24, 2.45) is 0 Å². The minimum Gasteiger partial charge on any atom is -0.486 e. The quantitative estimate of drug-likeness (QED) is 0.849. The molecule has 0 spiro atoms. The van der Waals surface area contributed by atoms with Crippen LogP contribution in [0.2, 0.25) is 0 Å². The molecule has 142 valence electrons. The molecule has 0 bridgehead atoms. The summed E-state index contributed by atoms with van der Waals surface area (Å²) in [6, 6.07) is 12.5. The fraction of sp³-hybridized carbons (Fsp3) is 0.381. The van der Waals surface area contributed by atoms with Crippen molar-refractivity contribution in [3.8, 4) is 11.5 Å². The van der Waals surface area contributed by atoms with Gasteiger partial charge in [-0.1, -0.05) is 18.2 Å². The summed E-state index contributed by atoms with van der Waals surface area (Å²) < 4.78 is 24.1. The van der Waals surface area contributed by atoms with Crippen molar-refractivity contribution in [1.29, 1.82) is 0 Å². The van der Waals surface area contributed by atoms with Gasteiger partial charge in [-0.25, -0.2) is 4.39 Å². The zero-order chi connectivity index (χ0) is 18.6. The van der Waals surface area contributed by atoms with Crippen molar-refractivity contribution < 1.29 is 18.7 Å². The van der Waals surface area contributed by atoms with Crippen LogP contribution in [-0.4, -0.2) is 43.2 Å². The molecule has 0 aromatic heterocycles. The summed E-state index contributed by atoms with van der Waals surface area (Å²) in [5.74, 6) is 1.49. The van der Waals surface area contributed by atoms with E-state index in [0.29, 0.717) is 39.3 Å². The van der Waals surface area contributed by atoms with Gasteiger partial charge in [0.25, 0.3) is 0 Å². The number of halogens is 1. The van der Waals surface area contributed by atoms with Crippen LogP contribution >= 0.6 is 0 Å². The van der Waals surface area contributed by atoms with E-state index in [4.69, 9.17) is 9.47 Å². The molecule has 1 saturated heterocycles. The highest BCUT2D eigenvalue weighted by Crippen LogP contribution is 2.30. The number of hydrogen-bond acceptors (Lipinski definition) is 4. The van der Waals surface area contributed by atoms with E-state index in [9.17, 15) is 9.18 Å². The number of nitrogens with one attached hydrogen (secondary N) is 1. The molecule has 2 aromatic rings. The molecule has 0 saturated carbocycles. The monoisotopic (exact) mass is 370 g/mol. The topological polar surface area (TPSA) is 50.8 Å². The Morgan fingerprint density at radius 3 is 2.59 bits per heavy atom. The van der Waals surface area contributed by atoms with Crippen LogP contribution in [0.4, 0.5) is 4.39 Å². The first-order chi connectivity index (χ1) is 13.2. The molecule has 2 aromatic carbocycles. The van der Waals surface area contributed by atoms with Crippen LogP contribution < -0.4 is 14.8 Å². The lowest BCUT2D eigenvalue weighted by molar-refractivity contribution is -0.127. The van der Waals surface area contributed by atoms with E-state index < -0.39 is 0 Å². The Morgan fingerprint density at radius 2 is 1.78 bits per heavy atom. The number of benzene rings is 2. The number of carbonyl (C=O) groups excluding carboxylic acids is 1. The molecule has 1 amide bonds. The van der Waals surface area contributed by atoms with Gasteiger partial charge in [-0.3, -0.25) is 4.79 Å². The molecular formula is C21H23FN2O3. The van der Waals surface area contributed by atoms with Crippen molar-refractivity contribution in [2.45, 2.75) is 25.4 Å². The number of nitrogens with zero attached hydrogens (tertiary/aromatic N) is 1. The number of rotatable bonds is 6. The van der Waals surface area contributed by atoms with Crippen molar-refractivity contribution in [3.63, 3.8) is 0 Å². The minimum absolute atomic E-state index is 0.138. The number of ether oxygens (including phenoxy) is 2. The Morgan fingerprint density at radius 1 is 1.04 bits per heavy atom. The summed E-state index contributed by atoms with van der Waals surface area (Å²) >= 11 is 0. The van der Waals surface area contributed by atoms with Crippen LogP contribution in [0.3, 0.4) is 0 Å². The van der Waals surface area contributed by atoms with Crippen LogP contribution in [0, 0.1) is 5.82 Å². The van der Waals surface area contributed by atoms with Gasteiger partial charge < -0.3 is 19.7 Å². The lowest BCUT2D eigenvalue weighted by Gasteiger charge is -2.20. The average molecular weight is 370 g/mol. The van der Waals surface area contributed by atoms with E-state index in [1.807, 2.05) is 23.1 Å². The highest BCUT2D eigenvalue weighted by Gasteiger charge is 2.28.